The highest BCUT2D eigenvalue weighted by Gasteiger charge is 2.12. The van der Waals surface area contributed by atoms with Crippen LogP contribution in [0.2, 0.25) is 0 Å². The molecule has 4 rings (SSSR count). The minimum Gasteiger partial charge on any atom is -0.465 e. The van der Waals surface area contributed by atoms with Crippen molar-refractivity contribution in [3.05, 3.63) is 131 Å². The van der Waals surface area contributed by atoms with Crippen molar-refractivity contribution < 1.29 is 32.6 Å². The lowest BCUT2D eigenvalue weighted by molar-refractivity contribution is 0.0586. The first kappa shape index (κ1) is 30.2. The Hall–Kier alpha value is -5.05. The van der Waals surface area contributed by atoms with E-state index in [0.717, 1.165) is 30.1 Å². The van der Waals surface area contributed by atoms with E-state index in [1.165, 1.54) is 31.4 Å². The highest BCUT2D eigenvalue weighted by atomic mass is 19.1. The fraction of sp³-hybridized carbons (Fsp3) is 0.100. The van der Waals surface area contributed by atoms with Crippen molar-refractivity contribution in [2.24, 2.45) is 0 Å². The van der Waals surface area contributed by atoms with Gasteiger partial charge in [-0.1, -0.05) is 48.5 Å². The number of ether oxygens (including phenoxy) is 2. The summed E-state index contributed by atoms with van der Waals surface area (Å²) in [5.41, 5.74) is 7.86. The number of benzene rings is 4. The molecular weight excluding hydrogens is 506 g/mol. The van der Waals surface area contributed by atoms with Crippen LogP contribution in [0.1, 0.15) is 36.6 Å². The standard InChI is InChI=1S/C15H14FNO2.C9H7FO3.C6H7N/c1-19-15(18)13-8-7-11(9-14(13)16)10-17-12-5-3-2-4-6-12;1-13-9(12)7-3-2-6(5-11)4-8(7)10;7-6-4-2-1-3-5-6/h2-9,17H,10H2,1H3;2-5H,1H3;1-5H,7H2. The van der Waals surface area contributed by atoms with E-state index in [4.69, 9.17) is 5.73 Å². The lowest BCUT2D eigenvalue weighted by Crippen LogP contribution is -2.06. The zero-order valence-corrected chi connectivity index (χ0v) is 21.4. The molecule has 0 saturated carbocycles. The number of carbonyl (C=O) groups excluding carboxylic acids is 3. The highest BCUT2D eigenvalue weighted by molar-refractivity contribution is 5.90. The van der Waals surface area contributed by atoms with Gasteiger partial charge in [0.15, 0.2) is 0 Å². The molecule has 202 valence electrons. The van der Waals surface area contributed by atoms with Gasteiger partial charge in [0.2, 0.25) is 0 Å². The molecule has 0 unspecified atom stereocenters. The quantitative estimate of drug-likeness (QED) is 0.180. The van der Waals surface area contributed by atoms with Crippen molar-refractivity contribution in [3.63, 3.8) is 0 Å². The molecule has 0 aliphatic carbocycles. The van der Waals surface area contributed by atoms with Crippen molar-refractivity contribution in [2.75, 3.05) is 25.3 Å². The molecule has 0 saturated heterocycles. The van der Waals surface area contributed by atoms with Crippen molar-refractivity contribution >= 4 is 29.6 Å². The van der Waals surface area contributed by atoms with Crippen LogP contribution in [0.5, 0.6) is 0 Å². The fourth-order valence-corrected chi connectivity index (χ4v) is 3.04. The summed E-state index contributed by atoms with van der Waals surface area (Å²) in [7, 11) is 2.39. The third-order valence-electron chi connectivity index (χ3n) is 5.04. The summed E-state index contributed by atoms with van der Waals surface area (Å²) in [5.74, 6) is -2.74. The van der Waals surface area contributed by atoms with Crippen LogP contribution in [0, 0.1) is 11.6 Å². The van der Waals surface area contributed by atoms with Gasteiger partial charge in [0.25, 0.3) is 0 Å². The van der Waals surface area contributed by atoms with E-state index >= 15 is 0 Å². The van der Waals surface area contributed by atoms with Crippen LogP contribution < -0.4 is 11.1 Å². The third kappa shape index (κ3) is 10.1. The number of aldehydes is 1. The number of para-hydroxylation sites is 2. The Balaban J connectivity index is 0.000000229. The SMILES string of the molecule is COC(=O)c1ccc(C=O)cc1F.COC(=O)c1ccc(CNc2ccccc2)cc1F.Nc1ccccc1. The molecule has 3 N–H and O–H groups in total. The number of methoxy groups -OCH3 is 2. The average molecular weight is 535 g/mol. The number of hydrogen-bond donors (Lipinski definition) is 2. The van der Waals surface area contributed by atoms with Crippen LogP contribution in [-0.4, -0.2) is 32.4 Å². The van der Waals surface area contributed by atoms with Crippen LogP contribution in [0.4, 0.5) is 20.2 Å². The van der Waals surface area contributed by atoms with E-state index in [1.54, 1.807) is 6.07 Å². The normalized spacial score (nSPS) is 9.54. The van der Waals surface area contributed by atoms with Gasteiger partial charge in [0, 0.05) is 23.5 Å². The van der Waals surface area contributed by atoms with E-state index in [1.807, 2.05) is 60.7 Å². The number of nitrogen functional groups attached to an aromatic ring is 1. The van der Waals surface area contributed by atoms with E-state index < -0.39 is 23.6 Å². The second-order valence-electron chi connectivity index (χ2n) is 7.78. The number of nitrogens with one attached hydrogen (secondary N) is 1. The van der Waals surface area contributed by atoms with Gasteiger partial charge in [-0.2, -0.15) is 0 Å². The number of halogens is 2. The summed E-state index contributed by atoms with van der Waals surface area (Å²) in [6.45, 7) is 0.488. The molecule has 7 nitrogen and oxygen atoms in total. The molecule has 0 bridgehead atoms. The zero-order valence-electron chi connectivity index (χ0n) is 21.4. The summed E-state index contributed by atoms with van der Waals surface area (Å²) in [6, 6.07) is 27.1. The number of anilines is 2. The molecule has 0 atom stereocenters. The van der Waals surface area contributed by atoms with Gasteiger partial charge < -0.3 is 20.5 Å². The van der Waals surface area contributed by atoms with Gasteiger partial charge in [-0.3, -0.25) is 4.79 Å². The average Bonchev–Trinajstić information content (AvgIpc) is 2.97. The minimum absolute atomic E-state index is 0.0500. The van der Waals surface area contributed by atoms with Crippen LogP contribution >= 0.6 is 0 Å². The first-order valence-corrected chi connectivity index (χ1v) is 11.6. The van der Waals surface area contributed by atoms with E-state index in [9.17, 15) is 23.2 Å². The van der Waals surface area contributed by atoms with Gasteiger partial charge in [-0.15, -0.1) is 0 Å². The Morgan fingerprint density at radius 2 is 1.28 bits per heavy atom. The highest BCUT2D eigenvalue weighted by Crippen LogP contribution is 2.14. The van der Waals surface area contributed by atoms with Crippen molar-refractivity contribution in [1.29, 1.82) is 0 Å². The molecule has 0 aliphatic heterocycles. The summed E-state index contributed by atoms with van der Waals surface area (Å²) in [6.07, 6.45) is 0.504. The Morgan fingerprint density at radius 3 is 1.72 bits per heavy atom. The van der Waals surface area contributed by atoms with E-state index in [0.29, 0.717) is 12.8 Å². The molecule has 4 aromatic rings. The molecule has 0 fully saturated rings. The number of hydrogen-bond acceptors (Lipinski definition) is 7. The minimum atomic E-state index is -0.755. The molecule has 9 heteroatoms. The lowest BCUT2D eigenvalue weighted by Gasteiger charge is -2.07. The molecule has 39 heavy (non-hydrogen) atoms. The summed E-state index contributed by atoms with van der Waals surface area (Å²) in [5, 5.41) is 3.17. The second-order valence-corrected chi connectivity index (χ2v) is 7.78. The smallest absolute Gasteiger partial charge is 0.340 e. The monoisotopic (exact) mass is 534 g/mol. The maximum atomic E-state index is 13.7. The Morgan fingerprint density at radius 1 is 0.769 bits per heavy atom. The topological polar surface area (TPSA) is 108 Å². The molecule has 0 spiro atoms. The summed E-state index contributed by atoms with van der Waals surface area (Å²) in [4.78, 5) is 32.4. The number of nitrogens with two attached hydrogens (primary N) is 1. The van der Waals surface area contributed by atoms with Crippen LogP contribution in [0.25, 0.3) is 0 Å². The number of rotatable bonds is 6. The van der Waals surface area contributed by atoms with Gasteiger partial charge in [-0.05, 0) is 54.1 Å². The fourth-order valence-electron chi connectivity index (χ4n) is 3.04. The molecule has 0 aliphatic rings. The summed E-state index contributed by atoms with van der Waals surface area (Å²) < 4.78 is 35.5. The second kappa shape index (κ2) is 15.9. The lowest BCUT2D eigenvalue weighted by atomic mass is 10.1. The molecule has 4 aromatic carbocycles. The van der Waals surface area contributed by atoms with Gasteiger partial charge in [0.05, 0.1) is 25.3 Å². The summed E-state index contributed by atoms with van der Waals surface area (Å²) >= 11 is 0. The van der Waals surface area contributed by atoms with Crippen LogP contribution in [-0.2, 0) is 16.0 Å². The molecule has 0 heterocycles. The molecule has 0 aromatic heterocycles. The van der Waals surface area contributed by atoms with Crippen LogP contribution in [0.15, 0.2) is 97.1 Å². The van der Waals surface area contributed by atoms with Gasteiger partial charge in [-0.25, -0.2) is 18.4 Å². The van der Waals surface area contributed by atoms with Gasteiger partial charge >= 0.3 is 11.9 Å². The number of esters is 2. The predicted molar refractivity (Wildman–Crippen MR) is 145 cm³/mol. The Bertz CT molecular complexity index is 1370. The maximum Gasteiger partial charge on any atom is 0.340 e. The molecule has 0 radical (unpaired) electrons. The predicted octanol–water partition coefficient (Wildman–Crippen LogP) is 5.92. The molecule has 0 amide bonds. The van der Waals surface area contributed by atoms with E-state index in [-0.39, 0.29) is 16.7 Å². The largest absolute Gasteiger partial charge is 0.465 e. The maximum absolute atomic E-state index is 13.7. The van der Waals surface area contributed by atoms with Crippen molar-refractivity contribution in [3.8, 4) is 0 Å². The van der Waals surface area contributed by atoms with E-state index in [2.05, 4.69) is 14.8 Å². The zero-order chi connectivity index (χ0) is 28.6. The van der Waals surface area contributed by atoms with Crippen molar-refractivity contribution in [1.82, 2.24) is 0 Å². The van der Waals surface area contributed by atoms with Crippen LogP contribution in [0.3, 0.4) is 0 Å². The Kier molecular flexibility index (Phi) is 12.3. The Labute approximate surface area is 225 Å². The first-order valence-electron chi connectivity index (χ1n) is 11.6. The number of carbonyl (C=O) groups is 3. The molecular formula is C30H28F2N2O5. The first-order chi connectivity index (χ1) is 18.8. The third-order valence-corrected chi connectivity index (χ3v) is 5.04. The van der Waals surface area contributed by atoms with Gasteiger partial charge in [0.1, 0.15) is 17.9 Å². The van der Waals surface area contributed by atoms with Crippen molar-refractivity contribution in [2.45, 2.75) is 6.54 Å².